The number of hydrogen-bond donors (Lipinski definition) is 1. The van der Waals surface area contributed by atoms with Crippen LogP contribution in [0.1, 0.15) is 44.6 Å². The second-order valence-corrected chi connectivity index (χ2v) is 6.52. The molecule has 0 aromatic heterocycles. The first-order valence-electron chi connectivity index (χ1n) is 8.79. The van der Waals surface area contributed by atoms with E-state index in [2.05, 4.69) is 25.2 Å². The molecule has 1 aromatic carbocycles. The molecule has 4 heteroatoms. The summed E-state index contributed by atoms with van der Waals surface area (Å²) in [5, 5.41) is 3.22. The SMILES string of the molecule is CCC(C)c1ccccc1OCC(=O)N1CCC(CNC)CC1. The summed E-state index contributed by atoms with van der Waals surface area (Å²) in [7, 11) is 1.99. The maximum Gasteiger partial charge on any atom is 0.260 e. The number of carbonyl (C=O) groups excluding carboxylic acids is 1. The van der Waals surface area contributed by atoms with Gasteiger partial charge in [-0.15, -0.1) is 0 Å². The maximum atomic E-state index is 12.4. The van der Waals surface area contributed by atoms with Gasteiger partial charge in [-0.25, -0.2) is 0 Å². The first-order chi connectivity index (χ1) is 11.2. The van der Waals surface area contributed by atoms with E-state index in [0.717, 1.165) is 44.6 Å². The van der Waals surface area contributed by atoms with Gasteiger partial charge in [-0.3, -0.25) is 4.79 Å². The number of para-hydroxylation sites is 1. The second-order valence-electron chi connectivity index (χ2n) is 6.52. The number of likely N-dealkylation sites (tertiary alicyclic amines) is 1. The van der Waals surface area contributed by atoms with E-state index < -0.39 is 0 Å². The van der Waals surface area contributed by atoms with E-state index in [1.54, 1.807) is 0 Å². The Morgan fingerprint density at radius 2 is 2.04 bits per heavy atom. The van der Waals surface area contributed by atoms with Crippen molar-refractivity contribution in [2.45, 2.75) is 39.0 Å². The number of hydrogen-bond acceptors (Lipinski definition) is 3. The van der Waals surface area contributed by atoms with Crippen molar-refractivity contribution in [3.8, 4) is 5.75 Å². The molecule has 1 N–H and O–H groups in total. The van der Waals surface area contributed by atoms with Crippen LogP contribution in [0.2, 0.25) is 0 Å². The Bertz CT molecular complexity index is 496. The topological polar surface area (TPSA) is 41.6 Å². The molecule has 0 saturated carbocycles. The molecule has 1 aliphatic rings. The van der Waals surface area contributed by atoms with E-state index in [4.69, 9.17) is 4.74 Å². The van der Waals surface area contributed by atoms with Crippen LogP contribution in [0, 0.1) is 5.92 Å². The van der Waals surface area contributed by atoms with Crippen LogP contribution < -0.4 is 10.1 Å². The van der Waals surface area contributed by atoms with Crippen molar-refractivity contribution in [2.75, 3.05) is 33.3 Å². The molecule has 0 radical (unpaired) electrons. The fourth-order valence-corrected chi connectivity index (χ4v) is 3.14. The zero-order valence-corrected chi connectivity index (χ0v) is 14.7. The highest BCUT2D eigenvalue weighted by Gasteiger charge is 2.22. The quantitative estimate of drug-likeness (QED) is 0.840. The fraction of sp³-hybridized carbons (Fsp3) is 0.632. The third-order valence-electron chi connectivity index (χ3n) is 4.87. The second kappa shape index (κ2) is 8.92. The van der Waals surface area contributed by atoms with Gasteiger partial charge in [0.1, 0.15) is 5.75 Å². The van der Waals surface area contributed by atoms with Gasteiger partial charge >= 0.3 is 0 Å². The Balaban J connectivity index is 1.86. The summed E-state index contributed by atoms with van der Waals surface area (Å²) in [6, 6.07) is 8.06. The zero-order chi connectivity index (χ0) is 16.7. The number of nitrogens with one attached hydrogen (secondary N) is 1. The van der Waals surface area contributed by atoms with Gasteiger partial charge in [0.2, 0.25) is 0 Å². The summed E-state index contributed by atoms with van der Waals surface area (Å²) >= 11 is 0. The molecule has 1 aromatic rings. The number of carbonyl (C=O) groups is 1. The van der Waals surface area contributed by atoms with Crippen molar-refractivity contribution in [3.63, 3.8) is 0 Å². The number of rotatable bonds is 7. The lowest BCUT2D eigenvalue weighted by Crippen LogP contribution is -2.42. The Hall–Kier alpha value is -1.55. The molecule has 1 aliphatic heterocycles. The molecule has 1 heterocycles. The van der Waals surface area contributed by atoms with E-state index in [-0.39, 0.29) is 12.5 Å². The predicted molar refractivity (Wildman–Crippen MR) is 93.9 cm³/mol. The Labute approximate surface area is 140 Å². The lowest BCUT2D eigenvalue weighted by Gasteiger charge is -2.32. The summed E-state index contributed by atoms with van der Waals surface area (Å²) in [6.45, 7) is 7.24. The van der Waals surface area contributed by atoms with Gasteiger partial charge in [-0.1, -0.05) is 32.0 Å². The van der Waals surface area contributed by atoms with Crippen LogP contribution in [0.4, 0.5) is 0 Å². The zero-order valence-electron chi connectivity index (χ0n) is 14.7. The van der Waals surface area contributed by atoms with Gasteiger partial charge < -0.3 is 15.0 Å². The van der Waals surface area contributed by atoms with E-state index >= 15 is 0 Å². The molecule has 1 unspecified atom stereocenters. The molecule has 1 atom stereocenters. The average Bonchev–Trinajstić information content (AvgIpc) is 2.60. The maximum absolute atomic E-state index is 12.4. The summed E-state index contributed by atoms with van der Waals surface area (Å²) in [5.41, 5.74) is 1.19. The summed E-state index contributed by atoms with van der Waals surface area (Å²) in [5.74, 6) is 2.09. The molecule has 23 heavy (non-hydrogen) atoms. The van der Waals surface area contributed by atoms with Crippen LogP contribution in [0.25, 0.3) is 0 Å². The van der Waals surface area contributed by atoms with Crippen molar-refractivity contribution in [2.24, 2.45) is 5.92 Å². The third-order valence-corrected chi connectivity index (χ3v) is 4.87. The Morgan fingerprint density at radius 1 is 1.35 bits per heavy atom. The fourth-order valence-electron chi connectivity index (χ4n) is 3.14. The summed E-state index contributed by atoms with van der Waals surface area (Å²) in [6.07, 6.45) is 3.22. The molecule has 0 bridgehead atoms. The monoisotopic (exact) mass is 318 g/mol. The molecule has 0 aliphatic carbocycles. The van der Waals surface area contributed by atoms with Crippen LogP contribution in [0.5, 0.6) is 5.75 Å². The molecule has 1 fully saturated rings. The van der Waals surface area contributed by atoms with Crippen molar-refractivity contribution in [3.05, 3.63) is 29.8 Å². The van der Waals surface area contributed by atoms with Crippen LogP contribution >= 0.6 is 0 Å². The van der Waals surface area contributed by atoms with E-state index in [9.17, 15) is 4.79 Å². The van der Waals surface area contributed by atoms with E-state index in [1.807, 2.05) is 30.1 Å². The lowest BCUT2D eigenvalue weighted by atomic mass is 9.97. The van der Waals surface area contributed by atoms with E-state index in [1.165, 1.54) is 5.56 Å². The predicted octanol–water partition coefficient (Wildman–Crippen LogP) is 3.04. The van der Waals surface area contributed by atoms with Crippen LogP contribution in [-0.2, 0) is 4.79 Å². The van der Waals surface area contributed by atoms with Crippen molar-refractivity contribution in [1.82, 2.24) is 10.2 Å². The lowest BCUT2D eigenvalue weighted by molar-refractivity contribution is -0.134. The van der Waals surface area contributed by atoms with Gasteiger partial charge in [-0.05, 0) is 56.3 Å². The highest BCUT2D eigenvalue weighted by atomic mass is 16.5. The summed E-state index contributed by atoms with van der Waals surface area (Å²) < 4.78 is 5.85. The van der Waals surface area contributed by atoms with Gasteiger partial charge in [-0.2, -0.15) is 0 Å². The largest absolute Gasteiger partial charge is 0.483 e. The molecular formula is C19H30N2O2. The van der Waals surface area contributed by atoms with Crippen LogP contribution in [0.3, 0.4) is 0 Å². The molecule has 2 rings (SSSR count). The standard InChI is InChI=1S/C19H30N2O2/c1-4-15(2)17-7-5-6-8-18(17)23-14-19(22)21-11-9-16(10-12-21)13-20-3/h5-8,15-16,20H,4,9-14H2,1-3H3. The highest BCUT2D eigenvalue weighted by Crippen LogP contribution is 2.28. The van der Waals surface area contributed by atoms with Gasteiger partial charge in [0, 0.05) is 13.1 Å². The Kier molecular flexibility index (Phi) is 6.90. The number of benzene rings is 1. The molecular weight excluding hydrogens is 288 g/mol. The molecule has 1 saturated heterocycles. The Morgan fingerprint density at radius 3 is 2.70 bits per heavy atom. The third kappa shape index (κ3) is 4.96. The van der Waals surface area contributed by atoms with Crippen molar-refractivity contribution in [1.29, 1.82) is 0 Å². The molecule has 0 spiro atoms. The normalized spacial score (nSPS) is 17.1. The van der Waals surface area contributed by atoms with Gasteiger partial charge in [0.05, 0.1) is 0 Å². The first kappa shape index (κ1) is 17.8. The number of nitrogens with zero attached hydrogens (tertiary/aromatic N) is 1. The molecule has 1 amide bonds. The van der Waals surface area contributed by atoms with Crippen molar-refractivity contribution >= 4 is 5.91 Å². The molecule has 128 valence electrons. The van der Waals surface area contributed by atoms with Crippen molar-refractivity contribution < 1.29 is 9.53 Å². The van der Waals surface area contributed by atoms with Crippen LogP contribution in [-0.4, -0.2) is 44.1 Å². The van der Waals surface area contributed by atoms with Gasteiger partial charge in [0.25, 0.3) is 5.91 Å². The average molecular weight is 318 g/mol. The summed E-state index contributed by atoms with van der Waals surface area (Å²) in [4.78, 5) is 14.3. The van der Waals surface area contributed by atoms with Crippen LogP contribution in [0.15, 0.2) is 24.3 Å². The number of amides is 1. The smallest absolute Gasteiger partial charge is 0.260 e. The highest BCUT2D eigenvalue weighted by molar-refractivity contribution is 5.77. The minimum absolute atomic E-state index is 0.104. The number of ether oxygens (including phenoxy) is 1. The molecule has 4 nitrogen and oxygen atoms in total. The minimum atomic E-state index is 0.104. The van der Waals surface area contributed by atoms with E-state index in [0.29, 0.717) is 11.8 Å². The van der Waals surface area contributed by atoms with Gasteiger partial charge in [0.15, 0.2) is 6.61 Å². The first-order valence-corrected chi connectivity index (χ1v) is 8.79. The number of piperidine rings is 1. The minimum Gasteiger partial charge on any atom is -0.483 e.